The first-order valence-corrected chi connectivity index (χ1v) is 14.6. The molecule has 228 valence electrons. The van der Waals surface area contributed by atoms with Crippen molar-refractivity contribution >= 4 is 34.2 Å². The van der Waals surface area contributed by atoms with Gasteiger partial charge in [-0.05, 0) is 51.0 Å². The van der Waals surface area contributed by atoms with E-state index >= 15 is 0 Å². The SMILES string of the molecule is C=C1N(C)c2cc3c(cc2C1(C)C)N(C)C(=C)C3(C)C.CC1=[N+](C)c2cc3c(cc2C1(C)C)[N+](C)=C(C)C3(C)C.N.O. The van der Waals surface area contributed by atoms with E-state index < -0.39 is 0 Å². The molecule has 0 aromatic heterocycles. The average Bonchev–Trinajstić information content (AvgIpc) is 3.34. The standard InChI is InChI=1S/C18H26N2.C18H24N2.H3N.H2O/c2*1-11-17(3,4)13-9-16-14(10-15(13)19(11)7)18(5,6)12(2)20(16)8;;/h9-10H,1-8H3;9-10H,1-2H2,3-8H3;1H3;1H2/q+2;;;. The van der Waals surface area contributed by atoms with Crippen LogP contribution in [0.25, 0.3) is 0 Å². The van der Waals surface area contributed by atoms with Gasteiger partial charge in [-0.2, -0.15) is 0 Å². The van der Waals surface area contributed by atoms with Crippen LogP contribution in [-0.2, 0) is 21.7 Å². The minimum absolute atomic E-state index is 0. The van der Waals surface area contributed by atoms with Gasteiger partial charge in [0.05, 0.1) is 10.8 Å². The van der Waals surface area contributed by atoms with E-state index in [1.54, 1.807) is 0 Å². The number of hydrogen-bond donors (Lipinski definition) is 1. The van der Waals surface area contributed by atoms with Crippen LogP contribution in [0, 0.1) is 0 Å². The van der Waals surface area contributed by atoms with Crippen LogP contribution in [0.2, 0.25) is 0 Å². The zero-order valence-corrected chi connectivity index (χ0v) is 28.7. The number of benzene rings is 2. The van der Waals surface area contributed by atoms with Crippen LogP contribution >= 0.6 is 0 Å². The third-order valence-corrected chi connectivity index (χ3v) is 11.4. The Morgan fingerprint density at radius 1 is 0.548 bits per heavy atom. The molecule has 6 heteroatoms. The van der Waals surface area contributed by atoms with Gasteiger partial charge >= 0.3 is 0 Å². The summed E-state index contributed by atoms with van der Waals surface area (Å²) >= 11 is 0. The molecule has 0 amide bonds. The highest BCUT2D eigenvalue weighted by Gasteiger charge is 2.48. The van der Waals surface area contributed by atoms with Crippen molar-refractivity contribution in [2.24, 2.45) is 0 Å². The normalized spacial score (nSPS) is 21.3. The molecule has 42 heavy (non-hydrogen) atoms. The van der Waals surface area contributed by atoms with E-state index in [2.05, 4.69) is 154 Å². The Hall–Kier alpha value is -3.22. The molecule has 0 saturated heterocycles. The summed E-state index contributed by atoms with van der Waals surface area (Å²) in [5, 5.41) is 0. The highest BCUT2D eigenvalue weighted by Crippen LogP contribution is 2.54. The fourth-order valence-corrected chi connectivity index (χ4v) is 7.30. The first-order valence-electron chi connectivity index (χ1n) is 14.6. The zero-order valence-electron chi connectivity index (χ0n) is 28.7. The molecule has 2 aromatic rings. The Balaban J connectivity index is 0.000000220. The van der Waals surface area contributed by atoms with E-state index in [4.69, 9.17) is 0 Å². The number of likely N-dealkylation sites (N-methyl/N-ethyl adjacent to an activating group) is 2. The number of allylic oxidation sites excluding steroid dienone is 2. The lowest BCUT2D eigenvalue weighted by molar-refractivity contribution is -0.406. The lowest BCUT2D eigenvalue weighted by Crippen LogP contribution is -2.25. The van der Waals surface area contributed by atoms with Crippen LogP contribution in [0.3, 0.4) is 0 Å². The summed E-state index contributed by atoms with van der Waals surface area (Å²) in [5.74, 6) is 0. The molecule has 5 N–H and O–H groups in total. The molecular weight excluding hydrogens is 518 g/mol. The summed E-state index contributed by atoms with van der Waals surface area (Å²) in [6, 6.07) is 9.49. The average molecular weight is 574 g/mol. The summed E-state index contributed by atoms with van der Waals surface area (Å²) in [5.41, 5.74) is 16.4. The summed E-state index contributed by atoms with van der Waals surface area (Å²) < 4.78 is 4.72. The van der Waals surface area contributed by atoms with Crippen molar-refractivity contribution in [1.29, 1.82) is 0 Å². The number of rotatable bonds is 0. The lowest BCUT2D eigenvalue weighted by atomic mass is 9.78. The molecule has 4 heterocycles. The van der Waals surface area contributed by atoms with Crippen LogP contribution in [0.1, 0.15) is 91.5 Å². The van der Waals surface area contributed by atoms with Gasteiger partial charge in [-0.25, -0.2) is 9.15 Å². The highest BCUT2D eigenvalue weighted by atomic mass is 16.0. The van der Waals surface area contributed by atoms with Crippen LogP contribution in [-0.4, -0.2) is 54.2 Å². The minimum atomic E-state index is -0.00593. The fraction of sp³-hybridized carbons (Fsp3) is 0.500. The summed E-state index contributed by atoms with van der Waals surface area (Å²) in [6.45, 7) is 31.3. The number of hydrogen-bond acceptors (Lipinski definition) is 3. The van der Waals surface area contributed by atoms with Gasteiger partial charge in [0.25, 0.3) is 0 Å². The molecule has 4 aliphatic rings. The van der Waals surface area contributed by atoms with Gasteiger partial charge < -0.3 is 21.4 Å². The van der Waals surface area contributed by atoms with Gasteiger partial charge in [0.2, 0.25) is 11.4 Å². The second kappa shape index (κ2) is 9.65. The topological polar surface area (TPSA) is 79.0 Å². The van der Waals surface area contributed by atoms with Gasteiger partial charge in [-0.15, -0.1) is 0 Å². The Kier molecular flexibility index (Phi) is 7.65. The smallest absolute Gasteiger partial charge is 0.210 e. The van der Waals surface area contributed by atoms with E-state index in [0.29, 0.717) is 0 Å². The maximum absolute atomic E-state index is 4.27. The molecule has 4 aliphatic heterocycles. The summed E-state index contributed by atoms with van der Waals surface area (Å²) in [4.78, 5) is 4.46. The molecule has 2 aromatic carbocycles. The number of anilines is 2. The van der Waals surface area contributed by atoms with E-state index in [0.717, 1.165) is 11.4 Å². The van der Waals surface area contributed by atoms with E-state index in [9.17, 15) is 0 Å². The largest absolute Gasteiger partial charge is 0.412 e. The van der Waals surface area contributed by atoms with E-state index in [-0.39, 0.29) is 33.3 Å². The monoisotopic (exact) mass is 573 g/mol. The Morgan fingerprint density at radius 3 is 1.12 bits per heavy atom. The van der Waals surface area contributed by atoms with Crippen LogP contribution in [0.15, 0.2) is 48.8 Å². The fourth-order valence-electron chi connectivity index (χ4n) is 7.30. The Bertz CT molecular complexity index is 1480. The van der Waals surface area contributed by atoms with Gasteiger partial charge in [-0.3, -0.25) is 0 Å². The van der Waals surface area contributed by atoms with Gasteiger partial charge in [-0.1, -0.05) is 40.9 Å². The summed E-state index contributed by atoms with van der Waals surface area (Å²) in [6.07, 6.45) is 0. The van der Waals surface area contributed by atoms with Gasteiger partial charge in [0, 0.05) is 84.8 Å². The second-order valence-corrected chi connectivity index (χ2v) is 14.6. The van der Waals surface area contributed by atoms with Gasteiger partial charge in [0.1, 0.15) is 14.1 Å². The molecule has 0 fully saturated rings. The van der Waals surface area contributed by atoms with Crippen molar-refractivity contribution in [1.82, 2.24) is 6.15 Å². The predicted molar refractivity (Wildman–Crippen MR) is 182 cm³/mol. The Labute approximate surface area is 254 Å². The minimum Gasteiger partial charge on any atom is -0.412 e. The highest BCUT2D eigenvalue weighted by molar-refractivity contribution is 5.97. The Morgan fingerprint density at radius 2 is 0.833 bits per heavy atom. The molecule has 0 unspecified atom stereocenters. The van der Waals surface area contributed by atoms with Crippen LogP contribution in [0.4, 0.5) is 22.7 Å². The van der Waals surface area contributed by atoms with Crippen molar-refractivity contribution in [3.05, 3.63) is 71.1 Å². The molecule has 0 radical (unpaired) electrons. The van der Waals surface area contributed by atoms with Crippen molar-refractivity contribution < 1.29 is 14.6 Å². The van der Waals surface area contributed by atoms with Crippen molar-refractivity contribution in [3.8, 4) is 0 Å². The molecule has 0 aliphatic carbocycles. The molecule has 0 saturated carbocycles. The second-order valence-electron chi connectivity index (χ2n) is 14.6. The predicted octanol–water partition coefficient (Wildman–Crippen LogP) is 7.24. The maximum Gasteiger partial charge on any atom is 0.210 e. The quantitative estimate of drug-likeness (QED) is 0.337. The molecular formula is C36H55N5O+2. The van der Waals surface area contributed by atoms with Gasteiger partial charge in [0.15, 0.2) is 11.4 Å². The number of nitrogens with zero attached hydrogens (tertiary/aromatic N) is 4. The van der Waals surface area contributed by atoms with Crippen LogP contribution < -0.4 is 16.0 Å². The summed E-state index contributed by atoms with van der Waals surface area (Å²) in [7, 11) is 8.61. The third-order valence-electron chi connectivity index (χ3n) is 11.4. The van der Waals surface area contributed by atoms with E-state index in [1.165, 1.54) is 56.4 Å². The molecule has 0 bridgehead atoms. The first kappa shape index (κ1) is 33.3. The lowest BCUT2D eigenvalue weighted by Gasteiger charge is -2.23. The van der Waals surface area contributed by atoms with E-state index in [1.807, 2.05) is 0 Å². The zero-order chi connectivity index (χ0) is 30.1. The van der Waals surface area contributed by atoms with Crippen LogP contribution in [0.5, 0.6) is 0 Å². The molecule has 6 nitrogen and oxygen atoms in total. The van der Waals surface area contributed by atoms with Crippen molar-refractivity contribution in [3.63, 3.8) is 0 Å². The van der Waals surface area contributed by atoms with Crippen molar-refractivity contribution in [2.75, 3.05) is 38.0 Å². The third kappa shape index (κ3) is 3.98. The number of fused-ring (bicyclic) bond motifs is 4. The molecule has 0 atom stereocenters. The van der Waals surface area contributed by atoms with Crippen molar-refractivity contribution in [2.45, 2.75) is 90.9 Å². The molecule has 6 rings (SSSR count). The maximum atomic E-state index is 4.27. The first-order chi connectivity index (χ1) is 18.2. The molecule has 0 spiro atoms.